The van der Waals surface area contributed by atoms with E-state index < -0.39 is 11.6 Å². The van der Waals surface area contributed by atoms with Crippen LogP contribution in [0.2, 0.25) is 0 Å². The van der Waals surface area contributed by atoms with Gasteiger partial charge in [0.1, 0.15) is 17.9 Å². The zero-order chi connectivity index (χ0) is 26.7. The number of aromatic nitrogens is 3. The number of aryl methyl sites for hydroxylation is 1. The molecule has 0 aliphatic carbocycles. The highest BCUT2D eigenvalue weighted by molar-refractivity contribution is 6.06. The number of hydrogen-bond donors (Lipinski definition) is 3. The molecule has 0 unspecified atom stereocenters. The van der Waals surface area contributed by atoms with E-state index in [-0.39, 0.29) is 12.5 Å². The molecule has 4 aromatic rings. The molecular formula is C28H34N6O3. The van der Waals surface area contributed by atoms with Crippen LogP contribution in [0.3, 0.4) is 0 Å². The lowest BCUT2D eigenvalue weighted by molar-refractivity contribution is -0.118. The zero-order valence-electron chi connectivity index (χ0n) is 21.8. The van der Waals surface area contributed by atoms with Crippen LogP contribution in [-0.4, -0.2) is 48.6 Å². The van der Waals surface area contributed by atoms with Crippen molar-refractivity contribution in [1.82, 2.24) is 19.4 Å². The number of nitrogens with zero attached hydrogens (tertiary/aromatic N) is 4. The maximum atomic E-state index is 12.5. The Morgan fingerprint density at radius 2 is 1.78 bits per heavy atom. The first kappa shape index (κ1) is 25.9. The van der Waals surface area contributed by atoms with E-state index in [1.165, 1.54) is 0 Å². The number of unbranched alkanes of at least 4 members (excludes halogenated alkanes) is 1. The predicted molar refractivity (Wildman–Crippen MR) is 147 cm³/mol. The molecule has 2 aromatic carbocycles. The van der Waals surface area contributed by atoms with Gasteiger partial charge in [0.25, 0.3) is 0 Å². The molecule has 0 fully saturated rings. The Bertz CT molecular complexity index is 1440. The Labute approximate surface area is 216 Å². The Morgan fingerprint density at radius 1 is 1.08 bits per heavy atom. The molecule has 4 N–H and O–H groups in total. The smallest absolute Gasteiger partial charge is 0.408 e. The fourth-order valence-electron chi connectivity index (χ4n) is 4.41. The quantitative estimate of drug-likeness (QED) is 0.301. The van der Waals surface area contributed by atoms with Crippen molar-refractivity contribution in [3.8, 4) is 0 Å². The standard InChI is InChI=1S/C28H34N6O3/c1-5-6-11-22-32-24-25(20-9-7-8-10-21(20)31-26(24)29)33(22)16-18-12-14-19(15-13-18)30-23(35)17-34(27(36)37)28(2,3)4/h7-10,12-15H,5-6,11,16-17H2,1-4H3,(H2,29,31)(H,30,35)(H,36,37). The van der Waals surface area contributed by atoms with Crippen LogP contribution in [0.4, 0.5) is 16.3 Å². The Hall–Kier alpha value is -4.14. The number of nitrogen functional groups attached to an aromatic ring is 1. The maximum Gasteiger partial charge on any atom is 0.408 e. The van der Waals surface area contributed by atoms with Crippen molar-refractivity contribution < 1.29 is 14.7 Å². The first-order valence-electron chi connectivity index (χ1n) is 12.5. The van der Waals surface area contributed by atoms with Gasteiger partial charge >= 0.3 is 6.09 Å². The Kier molecular flexibility index (Phi) is 7.33. The highest BCUT2D eigenvalue weighted by atomic mass is 16.4. The molecule has 0 aliphatic heterocycles. The van der Waals surface area contributed by atoms with E-state index >= 15 is 0 Å². The number of anilines is 2. The van der Waals surface area contributed by atoms with Crippen LogP contribution < -0.4 is 11.1 Å². The Morgan fingerprint density at radius 3 is 2.43 bits per heavy atom. The summed E-state index contributed by atoms with van der Waals surface area (Å²) in [4.78, 5) is 34.6. The van der Waals surface area contributed by atoms with Gasteiger partial charge in [-0.05, 0) is 51.0 Å². The lowest BCUT2D eigenvalue weighted by Gasteiger charge is -2.32. The van der Waals surface area contributed by atoms with Crippen LogP contribution in [0.25, 0.3) is 21.9 Å². The lowest BCUT2D eigenvalue weighted by Crippen LogP contribution is -2.48. The van der Waals surface area contributed by atoms with Gasteiger partial charge in [0.15, 0.2) is 5.82 Å². The van der Waals surface area contributed by atoms with Gasteiger partial charge in [0.2, 0.25) is 5.91 Å². The highest BCUT2D eigenvalue weighted by Crippen LogP contribution is 2.30. The van der Waals surface area contributed by atoms with E-state index in [2.05, 4.69) is 21.8 Å². The summed E-state index contributed by atoms with van der Waals surface area (Å²) in [5.41, 5.74) is 9.79. The van der Waals surface area contributed by atoms with Gasteiger partial charge in [-0.1, -0.05) is 43.7 Å². The topological polar surface area (TPSA) is 126 Å². The zero-order valence-corrected chi connectivity index (χ0v) is 21.8. The van der Waals surface area contributed by atoms with E-state index in [1.54, 1.807) is 20.8 Å². The second-order valence-electron chi connectivity index (χ2n) is 10.2. The summed E-state index contributed by atoms with van der Waals surface area (Å²) in [6, 6.07) is 15.5. The van der Waals surface area contributed by atoms with Crippen molar-refractivity contribution >= 4 is 45.4 Å². The monoisotopic (exact) mass is 502 g/mol. The number of para-hydroxylation sites is 1. The molecule has 9 heteroatoms. The molecule has 9 nitrogen and oxygen atoms in total. The van der Waals surface area contributed by atoms with E-state index in [0.717, 1.165) is 57.5 Å². The number of carbonyl (C=O) groups is 2. The number of hydrogen-bond acceptors (Lipinski definition) is 5. The molecular weight excluding hydrogens is 468 g/mol. The highest BCUT2D eigenvalue weighted by Gasteiger charge is 2.28. The van der Waals surface area contributed by atoms with Gasteiger partial charge in [-0.3, -0.25) is 9.69 Å². The van der Waals surface area contributed by atoms with Crippen molar-refractivity contribution in [2.24, 2.45) is 0 Å². The van der Waals surface area contributed by atoms with Crippen LogP contribution >= 0.6 is 0 Å². The average Bonchev–Trinajstić information content (AvgIpc) is 3.20. The summed E-state index contributed by atoms with van der Waals surface area (Å²) < 4.78 is 2.22. The number of fused-ring (bicyclic) bond motifs is 3. The minimum atomic E-state index is -1.13. The van der Waals surface area contributed by atoms with E-state index in [4.69, 9.17) is 10.7 Å². The summed E-state index contributed by atoms with van der Waals surface area (Å²) in [6.07, 6.45) is 1.77. The second-order valence-corrected chi connectivity index (χ2v) is 10.2. The van der Waals surface area contributed by atoms with Gasteiger partial charge < -0.3 is 20.7 Å². The first-order valence-corrected chi connectivity index (χ1v) is 12.5. The molecule has 2 heterocycles. The minimum absolute atomic E-state index is 0.245. The van der Waals surface area contributed by atoms with Gasteiger partial charge in [0.05, 0.1) is 11.0 Å². The summed E-state index contributed by atoms with van der Waals surface area (Å²) in [7, 11) is 0. The fourth-order valence-corrected chi connectivity index (χ4v) is 4.41. The van der Waals surface area contributed by atoms with Crippen molar-refractivity contribution in [3.63, 3.8) is 0 Å². The van der Waals surface area contributed by atoms with Crippen molar-refractivity contribution in [3.05, 3.63) is 59.9 Å². The normalized spacial score (nSPS) is 11.7. The summed E-state index contributed by atoms with van der Waals surface area (Å²) >= 11 is 0. The van der Waals surface area contributed by atoms with Gasteiger partial charge in [-0.25, -0.2) is 14.8 Å². The molecule has 0 bridgehead atoms. The van der Waals surface area contributed by atoms with Gasteiger partial charge in [0, 0.05) is 29.6 Å². The van der Waals surface area contributed by atoms with Gasteiger partial charge in [-0.2, -0.15) is 0 Å². The number of carboxylic acid groups (broad SMARTS) is 1. The van der Waals surface area contributed by atoms with Crippen LogP contribution in [0.5, 0.6) is 0 Å². The second kappa shape index (κ2) is 10.5. The van der Waals surface area contributed by atoms with Crippen molar-refractivity contribution in [1.29, 1.82) is 0 Å². The molecule has 0 radical (unpaired) electrons. The lowest BCUT2D eigenvalue weighted by atomic mass is 10.1. The molecule has 0 spiro atoms. The number of carbonyl (C=O) groups excluding carboxylic acids is 1. The third-order valence-electron chi connectivity index (χ3n) is 6.36. The molecule has 4 rings (SSSR count). The molecule has 2 aromatic heterocycles. The van der Waals surface area contributed by atoms with Crippen LogP contribution in [0.15, 0.2) is 48.5 Å². The first-order chi connectivity index (χ1) is 17.6. The number of nitrogens with one attached hydrogen (secondary N) is 1. The SMILES string of the molecule is CCCCc1nc2c(N)nc3ccccc3c2n1Cc1ccc(NC(=O)CN(C(=O)O)C(C)(C)C)cc1. The van der Waals surface area contributed by atoms with Crippen LogP contribution in [0.1, 0.15) is 51.9 Å². The molecule has 0 saturated heterocycles. The van der Waals surface area contributed by atoms with Crippen LogP contribution in [0, 0.1) is 0 Å². The van der Waals surface area contributed by atoms with Crippen molar-refractivity contribution in [2.45, 2.75) is 59.0 Å². The third-order valence-corrected chi connectivity index (χ3v) is 6.36. The van der Waals surface area contributed by atoms with Gasteiger partial charge in [-0.15, -0.1) is 0 Å². The predicted octanol–water partition coefficient (Wildman–Crippen LogP) is 5.27. The summed E-state index contributed by atoms with van der Waals surface area (Å²) in [6.45, 7) is 7.77. The van der Waals surface area contributed by atoms with E-state index in [9.17, 15) is 14.7 Å². The largest absolute Gasteiger partial charge is 0.465 e. The number of amides is 2. The molecule has 0 saturated carbocycles. The molecule has 37 heavy (non-hydrogen) atoms. The molecule has 0 atom stereocenters. The van der Waals surface area contributed by atoms with E-state index in [1.807, 2.05) is 48.5 Å². The molecule has 194 valence electrons. The minimum Gasteiger partial charge on any atom is -0.465 e. The summed E-state index contributed by atoms with van der Waals surface area (Å²) in [5.74, 6) is 1.01. The molecule has 2 amide bonds. The number of pyridine rings is 1. The van der Waals surface area contributed by atoms with E-state index in [0.29, 0.717) is 18.1 Å². The number of benzene rings is 2. The fraction of sp³-hybridized carbons (Fsp3) is 0.357. The number of imidazole rings is 1. The Balaban J connectivity index is 1.60. The van der Waals surface area contributed by atoms with Crippen molar-refractivity contribution in [2.75, 3.05) is 17.6 Å². The number of nitrogens with two attached hydrogens (primary N) is 1. The van der Waals surface area contributed by atoms with Crippen LogP contribution in [-0.2, 0) is 17.8 Å². The molecule has 0 aliphatic rings. The summed E-state index contributed by atoms with van der Waals surface area (Å²) in [5, 5.41) is 13.2. The number of rotatable bonds is 8. The maximum absolute atomic E-state index is 12.5. The average molecular weight is 503 g/mol. The third kappa shape index (κ3) is 5.66.